The Hall–Kier alpha value is -2.01. The Morgan fingerprint density at radius 2 is 1.90 bits per heavy atom. The summed E-state index contributed by atoms with van der Waals surface area (Å²) in [5.41, 5.74) is 1.93. The first-order valence-corrected chi connectivity index (χ1v) is 6.95. The van der Waals surface area contributed by atoms with E-state index >= 15 is 0 Å². The van der Waals surface area contributed by atoms with Gasteiger partial charge in [-0.05, 0) is 36.7 Å². The van der Waals surface area contributed by atoms with Crippen molar-refractivity contribution >= 4 is 0 Å². The van der Waals surface area contributed by atoms with E-state index in [9.17, 15) is 8.78 Å². The van der Waals surface area contributed by atoms with E-state index in [1.165, 1.54) is 6.07 Å². The average Bonchev–Trinajstić information content (AvgIpc) is 2.48. The van der Waals surface area contributed by atoms with E-state index in [1.807, 2.05) is 19.9 Å². The van der Waals surface area contributed by atoms with Gasteiger partial charge in [-0.25, -0.2) is 13.8 Å². The summed E-state index contributed by atoms with van der Waals surface area (Å²) in [6.45, 7) is 5.60. The summed E-state index contributed by atoms with van der Waals surface area (Å²) in [5, 5.41) is 3.23. The second-order valence-corrected chi connectivity index (χ2v) is 4.62. The van der Waals surface area contributed by atoms with Gasteiger partial charge in [-0.3, -0.25) is 0 Å². The summed E-state index contributed by atoms with van der Waals surface area (Å²) in [4.78, 5) is 4.34. The predicted molar refractivity (Wildman–Crippen MR) is 77.4 cm³/mol. The second kappa shape index (κ2) is 7.13. The molecule has 1 aromatic carbocycles. The molecule has 112 valence electrons. The molecule has 1 N–H and O–H groups in total. The van der Waals surface area contributed by atoms with Crippen LogP contribution in [-0.2, 0) is 13.0 Å². The highest BCUT2D eigenvalue weighted by Gasteiger charge is 2.07. The monoisotopic (exact) mass is 292 g/mol. The van der Waals surface area contributed by atoms with E-state index in [4.69, 9.17) is 4.74 Å². The summed E-state index contributed by atoms with van der Waals surface area (Å²) < 4.78 is 31.6. The van der Waals surface area contributed by atoms with Crippen LogP contribution < -0.4 is 10.1 Å². The molecule has 5 heteroatoms. The number of nitrogens with one attached hydrogen (secondary N) is 1. The quantitative estimate of drug-likeness (QED) is 0.878. The lowest BCUT2D eigenvalue weighted by Crippen LogP contribution is -2.12. The minimum Gasteiger partial charge on any atom is -0.439 e. The fourth-order valence-electron chi connectivity index (χ4n) is 1.89. The zero-order valence-electron chi connectivity index (χ0n) is 12.1. The Morgan fingerprint density at radius 1 is 1.10 bits per heavy atom. The van der Waals surface area contributed by atoms with Crippen molar-refractivity contribution < 1.29 is 13.5 Å². The van der Waals surface area contributed by atoms with Gasteiger partial charge in [0.2, 0.25) is 5.88 Å². The maximum atomic E-state index is 13.2. The van der Waals surface area contributed by atoms with Gasteiger partial charge in [0.1, 0.15) is 5.75 Å². The number of nitrogens with zero attached hydrogens (tertiary/aromatic N) is 1. The molecule has 0 saturated heterocycles. The van der Waals surface area contributed by atoms with E-state index in [0.29, 0.717) is 12.4 Å². The number of aryl methyl sites for hydroxylation is 1. The highest BCUT2D eigenvalue weighted by atomic mass is 19.2. The number of aromatic nitrogens is 1. The van der Waals surface area contributed by atoms with Crippen molar-refractivity contribution in [3.05, 3.63) is 53.2 Å². The van der Waals surface area contributed by atoms with Crippen LogP contribution in [0.2, 0.25) is 0 Å². The van der Waals surface area contributed by atoms with E-state index in [-0.39, 0.29) is 5.75 Å². The van der Waals surface area contributed by atoms with Crippen molar-refractivity contribution in [1.29, 1.82) is 0 Å². The topological polar surface area (TPSA) is 34.2 Å². The SMILES string of the molecule is CCNCc1cc(CC)nc(Oc2ccc(F)c(F)c2)c1. The number of benzene rings is 1. The molecule has 1 heterocycles. The van der Waals surface area contributed by atoms with Crippen LogP contribution in [0.5, 0.6) is 11.6 Å². The normalized spacial score (nSPS) is 10.7. The van der Waals surface area contributed by atoms with Gasteiger partial charge in [-0.15, -0.1) is 0 Å². The lowest BCUT2D eigenvalue weighted by atomic mass is 10.2. The van der Waals surface area contributed by atoms with Gasteiger partial charge in [-0.1, -0.05) is 13.8 Å². The molecule has 0 amide bonds. The molecular weight excluding hydrogens is 274 g/mol. The molecule has 2 aromatic rings. The fourth-order valence-corrected chi connectivity index (χ4v) is 1.89. The van der Waals surface area contributed by atoms with Crippen LogP contribution in [0.3, 0.4) is 0 Å². The van der Waals surface area contributed by atoms with E-state index < -0.39 is 11.6 Å². The molecule has 1 aromatic heterocycles. The van der Waals surface area contributed by atoms with Crippen molar-refractivity contribution in [2.45, 2.75) is 26.8 Å². The van der Waals surface area contributed by atoms with Crippen molar-refractivity contribution in [2.24, 2.45) is 0 Å². The van der Waals surface area contributed by atoms with Gasteiger partial charge in [0.15, 0.2) is 11.6 Å². The Kier molecular flexibility index (Phi) is 5.22. The maximum absolute atomic E-state index is 13.2. The van der Waals surface area contributed by atoms with Gasteiger partial charge in [0, 0.05) is 24.4 Å². The third-order valence-electron chi connectivity index (χ3n) is 2.97. The smallest absolute Gasteiger partial charge is 0.219 e. The lowest BCUT2D eigenvalue weighted by molar-refractivity contribution is 0.445. The molecular formula is C16H18F2N2O. The van der Waals surface area contributed by atoms with Crippen LogP contribution in [0.25, 0.3) is 0 Å². The van der Waals surface area contributed by atoms with E-state index in [0.717, 1.165) is 36.4 Å². The first-order chi connectivity index (χ1) is 10.1. The summed E-state index contributed by atoms with van der Waals surface area (Å²) in [7, 11) is 0. The maximum Gasteiger partial charge on any atom is 0.219 e. The molecule has 0 unspecified atom stereocenters. The van der Waals surface area contributed by atoms with Crippen LogP contribution in [0.15, 0.2) is 30.3 Å². The van der Waals surface area contributed by atoms with Gasteiger partial charge in [-0.2, -0.15) is 0 Å². The van der Waals surface area contributed by atoms with Crippen LogP contribution in [0.1, 0.15) is 25.1 Å². The first-order valence-electron chi connectivity index (χ1n) is 6.95. The Morgan fingerprint density at radius 3 is 2.57 bits per heavy atom. The minimum absolute atomic E-state index is 0.226. The van der Waals surface area contributed by atoms with E-state index in [1.54, 1.807) is 6.07 Å². The zero-order valence-corrected chi connectivity index (χ0v) is 12.1. The van der Waals surface area contributed by atoms with Crippen molar-refractivity contribution in [3.8, 4) is 11.6 Å². The fraction of sp³-hybridized carbons (Fsp3) is 0.312. The zero-order chi connectivity index (χ0) is 15.2. The summed E-state index contributed by atoms with van der Waals surface area (Å²) in [5.74, 6) is -1.23. The first kappa shape index (κ1) is 15.4. The molecule has 0 fully saturated rings. The predicted octanol–water partition coefficient (Wildman–Crippen LogP) is 3.82. The van der Waals surface area contributed by atoms with Crippen molar-refractivity contribution in [1.82, 2.24) is 10.3 Å². The molecule has 2 rings (SSSR count). The minimum atomic E-state index is -0.938. The number of hydrogen-bond acceptors (Lipinski definition) is 3. The average molecular weight is 292 g/mol. The highest BCUT2D eigenvalue weighted by Crippen LogP contribution is 2.23. The van der Waals surface area contributed by atoms with Gasteiger partial charge in [0.05, 0.1) is 0 Å². The molecule has 0 aliphatic carbocycles. The molecule has 0 aliphatic heterocycles. The van der Waals surface area contributed by atoms with Crippen LogP contribution >= 0.6 is 0 Å². The second-order valence-electron chi connectivity index (χ2n) is 4.62. The highest BCUT2D eigenvalue weighted by molar-refractivity contribution is 5.31. The Balaban J connectivity index is 2.23. The third-order valence-corrected chi connectivity index (χ3v) is 2.97. The lowest BCUT2D eigenvalue weighted by Gasteiger charge is -2.10. The molecule has 0 atom stereocenters. The Labute approximate surface area is 123 Å². The molecule has 0 aliphatic rings. The van der Waals surface area contributed by atoms with Gasteiger partial charge < -0.3 is 10.1 Å². The van der Waals surface area contributed by atoms with Gasteiger partial charge in [0.25, 0.3) is 0 Å². The molecule has 0 spiro atoms. The molecule has 0 radical (unpaired) electrons. The Bertz CT molecular complexity index is 617. The number of halogens is 2. The standard InChI is InChI=1S/C16H18F2N2O/c1-3-12-7-11(10-19-4-2)8-16(20-12)21-13-5-6-14(17)15(18)9-13/h5-9,19H,3-4,10H2,1-2H3. The van der Waals surface area contributed by atoms with E-state index in [2.05, 4.69) is 10.3 Å². The summed E-state index contributed by atoms with van der Waals surface area (Å²) in [6.07, 6.45) is 0.772. The van der Waals surface area contributed by atoms with Crippen LogP contribution in [0, 0.1) is 11.6 Å². The largest absolute Gasteiger partial charge is 0.439 e. The molecule has 0 saturated carbocycles. The molecule has 0 bridgehead atoms. The number of rotatable bonds is 6. The van der Waals surface area contributed by atoms with Crippen molar-refractivity contribution in [2.75, 3.05) is 6.54 Å². The number of hydrogen-bond donors (Lipinski definition) is 1. The van der Waals surface area contributed by atoms with Crippen LogP contribution in [0.4, 0.5) is 8.78 Å². The molecule has 21 heavy (non-hydrogen) atoms. The number of pyridine rings is 1. The summed E-state index contributed by atoms with van der Waals surface area (Å²) >= 11 is 0. The summed E-state index contributed by atoms with van der Waals surface area (Å²) in [6, 6.07) is 7.22. The van der Waals surface area contributed by atoms with Crippen LogP contribution in [-0.4, -0.2) is 11.5 Å². The van der Waals surface area contributed by atoms with Gasteiger partial charge >= 0.3 is 0 Å². The number of ether oxygens (including phenoxy) is 1. The van der Waals surface area contributed by atoms with Crippen molar-refractivity contribution in [3.63, 3.8) is 0 Å². The third kappa shape index (κ3) is 4.23. The molecule has 3 nitrogen and oxygen atoms in total.